The van der Waals surface area contributed by atoms with Crippen LogP contribution in [0.2, 0.25) is 0 Å². The van der Waals surface area contributed by atoms with Crippen LogP contribution in [0.15, 0.2) is 36.7 Å². The van der Waals surface area contributed by atoms with Crippen LogP contribution in [-0.4, -0.2) is 26.5 Å². The molecule has 0 spiro atoms. The smallest absolute Gasteiger partial charge is 0.337 e. The lowest BCUT2D eigenvalue weighted by Gasteiger charge is -2.23. The third-order valence-electron chi connectivity index (χ3n) is 3.96. The van der Waals surface area contributed by atoms with E-state index < -0.39 is 17.8 Å². The summed E-state index contributed by atoms with van der Waals surface area (Å²) in [6.07, 6.45) is 0.556. The molecule has 5 nitrogen and oxygen atoms in total. The molecule has 2 aromatic rings. The number of para-hydroxylation sites is 1. The molecule has 1 saturated carbocycles. The molecule has 1 aliphatic carbocycles. The van der Waals surface area contributed by atoms with Crippen molar-refractivity contribution in [3.8, 4) is 0 Å². The van der Waals surface area contributed by atoms with Gasteiger partial charge in [-0.3, -0.25) is 0 Å². The number of alkyl halides is 3. The summed E-state index contributed by atoms with van der Waals surface area (Å²) in [5, 5.41) is 2.40. The Balaban J connectivity index is 1.79. The minimum atomic E-state index is -4.52. The van der Waals surface area contributed by atoms with Gasteiger partial charge in [-0.1, -0.05) is 12.1 Å². The summed E-state index contributed by atoms with van der Waals surface area (Å²) in [4.78, 5) is 18.2. The molecule has 0 aliphatic heterocycles. The highest BCUT2D eigenvalue weighted by atomic mass is 19.4. The summed E-state index contributed by atoms with van der Waals surface area (Å²) in [5.41, 5.74) is -1.09. The fraction of sp³-hybridized carbons (Fsp3) is 0.375. The first-order valence-electron chi connectivity index (χ1n) is 7.56. The zero-order chi connectivity index (χ0) is 17.3. The zero-order valence-electron chi connectivity index (χ0n) is 13.0. The van der Waals surface area contributed by atoms with E-state index >= 15 is 0 Å². The van der Waals surface area contributed by atoms with Gasteiger partial charge in [0.05, 0.1) is 17.8 Å². The summed E-state index contributed by atoms with van der Waals surface area (Å²) < 4.78 is 40.9. The summed E-state index contributed by atoms with van der Waals surface area (Å²) in [5.74, 6) is 0.682. The molecule has 1 aliphatic rings. The highest BCUT2D eigenvalue weighted by Crippen LogP contribution is 2.35. The maximum absolute atomic E-state index is 13.1. The van der Waals surface area contributed by atoms with Gasteiger partial charge in [0, 0.05) is 25.5 Å². The monoisotopic (exact) mass is 338 g/mol. The van der Waals surface area contributed by atoms with E-state index in [2.05, 4.69) is 10.3 Å². The van der Waals surface area contributed by atoms with Gasteiger partial charge in [0.25, 0.3) is 0 Å². The number of urea groups is 1. The molecule has 8 heteroatoms. The van der Waals surface area contributed by atoms with Gasteiger partial charge in [-0.25, -0.2) is 9.78 Å². The van der Waals surface area contributed by atoms with E-state index in [0.29, 0.717) is 5.82 Å². The van der Waals surface area contributed by atoms with Crippen molar-refractivity contribution in [1.82, 2.24) is 14.5 Å². The summed E-state index contributed by atoms with van der Waals surface area (Å²) in [6.45, 7) is 0.258. The van der Waals surface area contributed by atoms with Crippen LogP contribution in [0.25, 0.3) is 0 Å². The molecule has 0 unspecified atom stereocenters. The molecular weight excluding hydrogens is 321 g/mol. The molecule has 2 amide bonds. The van der Waals surface area contributed by atoms with Crippen LogP contribution in [0.4, 0.5) is 23.7 Å². The van der Waals surface area contributed by atoms with Crippen molar-refractivity contribution in [3.63, 3.8) is 0 Å². The van der Waals surface area contributed by atoms with Crippen LogP contribution in [0, 0.1) is 0 Å². The van der Waals surface area contributed by atoms with Gasteiger partial charge in [-0.15, -0.1) is 0 Å². The molecule has 1 fully saturated rings. The van der Waals surface area contributed by atoms with E-state index in [-0.39, 0.29) is 18.3 Å². The maximum Gasteiger partial charge on any atom is 0.418 e. The number of hydrogen-bond acceptors (Lipinski definition) is 2. The first-order chi connectivity index (χ1) is 11.4. The Hall–Kier alpha value is -2.51. The predicted octanol–water partition coefficient (Wildman–Crippen LogP) is 3.64. The topological polar surface area (TPSA) is 50.2 Å². The number of carbonyl (C=O) groups excluding carboxylic acids is 1. The molecule has 0 radical (unpaired) electrons. The van der Waals surface area contributed by atoms with Gasteiger partial charge in [0.1, 0.15) is 5.82 Å². The number of aromatic nitrogens is 2. The van der Waals surface area contributed by atoms with Crippen LogP contribution in [0.3, 0.4) is 0 Å². The molecule has 24 heavy (non-hydrogen) atoms. The predicted molar refractivity (Wildman–Crippen MR) is 82.2 cm³/mol. The number of aryl methyl sites for hydroxylation is 1. The Morgan fingerprint density at radius 1 is 1.38 bits per heavy atom. The van der Waals surface area contributed by atoms with Gasteiger partial charge in [-0.2, -0.15) is 13.2 Å². The minimum absolute atomic E-state index is 0.0414. The lowest BCUT2D eigenvalue weighted by atomic mass is 10.1. The molecular formula is C16H17F3N4O. The van der Waals surface area contributed by atoms with Gasteiger partial charge >= 0.3 is 12.2 Å². The number of nitrogens with one attached hydrogen (secondary N) is 1. The fourth-order valence-corrected chi connectivity index (χ4v) is 2.48. The first-order valence-corrected chi connectivity index (χ1v) is 7.56. The van der Waals surface area contributed by atoms with E-state index in [9.17, 15) is 18.0 Å². The van der Waals surface area contributed by atoms with Crippen LogP contribution >= 0.6 is 0 Å². The van der Waals surface area contributed by atoms with Crippen molar-refractivity contribution in [2.45, 2.75) is 31.6 Å². The largest absolute Gasteiger partial charge is 0.418 e. The Morgan fingerprint density at radius 2 is 2.08 bits per heavy atom. The van der Waals surface area contributed by atoms with Gasteiger partial charge < -0.3 is 14.8 Å². The number of halogens is 3. The average Bonchev–Trinajstić information content (AvgIpc) is 3.27. The number of imidazole rings is 1. The second-order valence-electron chi connectivity index (χ2n) is 5.79. The number of anilines is 1. The molecule has 1 aromatic carbocycles. The summed E-state index contributed by atoms with van der Waals surface area (Å²) in [7, 11) is 1.81. The van der Waals surface area contributed by atoms with E-state index in [4.69, 9.17) is 0 Å². The Kier molecular flexibility index (Phi) is 4.21. The molecule has 0 saturated heterocycles. The van der Waals surface area contributed by atoms with Gasteiger partial charge in [-0.05, 0) is 25.0 Å². The first kappa shape index (κ1) is 16.4. The summed E-state index contributed by atoms with van der Waals surface area (Å²) >= 11 is 0. The molecule has 1 N–H and O–H groups in total. The standard InChI is InChI=1S/C16H17F3N4O/c1-22-9-8-20-14(22)10-23(11-6-7-11)15(24)21-13-5-3-2-4-12(13)16(17,18)19/h2-5,8-9,11H,6-7,10H2,1H3,(H,21,24). The number of benzene rings is 1. The quantitative estimate of drug-likeness (QED) is 0.925. The van der Waals surface area contributed by atoms with Crippen molar-refractivity contribution in [1.29, 1.82) is 0 Å². The van der Waals surface area contributed by atoms with Crippen molar-refractivity contribution in [2.75, 3.05) is 5.32 Å². The fourth-order valence-electron chi connectivity index (χ4n) is 2.48. The lowest BCUT2D eigenvalue weighted by molar-refractivity contribution is -0.136. The zero-order valence-corrected chi connectivity index (χ0v) is 13.0. The van der Waals surface area contributed by atoms with Gasteiger partial charge in [0.15, 0.2) is 0 Å². The molecule has 1 heterocycles. The SMILES string of the molecule is Cn1ccnc1CN(C(=O)Nc1ccccc1C(F)(F)F)C1CC1. The minimum Gasteiger partial charge on any atom is -0.337 e. The molecule has 3 rings (SSSR count). The van der Waals surface area contributed by atoms with E-state index in [0.717, 1.165) is 18.9 Å². The van der Waals surface area contributed by atoms with Crippen LogP contribution < -0.4 is 5.32 Å². The van der Waals surface area contributed by atoms with E-state index in [1.54, 1.807) is 17.0 Å². The molecule has 128 valence electrons. The van der Waals surface area contributed by atoms with E-state index in [1.165, 1.54) is 23.1 Å². The highest BCUT2D eigenvalue weighted by molar-refractivity contribution is 5.90. The van der Waals surface area contributed by atoms with Crippen LogP contribution in [0.5, 0.6) is 0 Å². The van der Waals surface area contributed by atoms with Crippen molar-refractivity contribution in [2.24, 2.45) is 7.05 Å². The third kappa shape index (κ3) is 3.52. The van der Waals surface area contributed by atoms with E-state index in [1.807, 2.05) is 7.05 Å². The second kappa shape index (κ2) is 6.18. The third-order valence-corrected chi connectivity index (χ3v) is 3.96. The number of nitrogens with zero attached hydrogens (tertiary/aromatic N) is 3. The second-order valence-corrected chi connectivity index (χ2v) is 5.79. The number of hydrogen-bond donors (Lipinski definition) is 1. The van der Waals surface area contributed by atoms with Crippen molar-refractivity contribution < 1.29 is 18.0 Å². The maximum atomic E-state index is 13.1. The normalized spacial score (nSPS) is 14.5. The Morgan fingerprint density at radius 3 is 2.67 bits per heavy atom. The molecule has 0 bridgehead atoms. The van der Waals surface area contributed by atoms with Gasteiger partial charge in [0.2, 0.25) is 0 Å². The average molecular weight is 338 g/mol. The van der Waals surface area contributed by atoms with Crippen molar-refractivity contribution in [3.05, 3.63) is 48.0 Å². The van der Waals surface area contributed by atoms with Crippen molar-refractivity contribution >= 4 is 11.7 Å². The number of amides is 2. The lowest BCUT2D eigenvalue weighted by Crippen LogP contribution is -2.37. The molecule has 0 atom stereocenters. The van der Waals surface area contributed by atoms with Crippen LogP contribution in [-0.2, 0) is 19.8 Å². The Bertz CT molecular complexity index is 737. The number of carbonyl (C=O) groups is 1. The van der Waals surface area contributed by atoms with Crippen LogP contribution in [0.1, 0.15) is 24.2 Å². The molecule has 1 aromatic heterocycles. The summed E-state index contributed by atoms with van der Waals surface area (Å²) in [6, 6.07) is 4.47. The Labute approximate surface area is 137 Å². The number of rotatable bonds is 4. The highest BCUT2D eigenvalue weighted by Gasteiger charge is 2.36.